The van der Waals surface area contributed by atoms with Crippen LogP contribution in [0.25, 0.3) is 0 Å². The molecule has 0 saturated heterocycles. The van der Waals surface area contributed by atoms with Crippen LogP contribution >= 0.6 is 24.0 Å². The molecule has 0 atom stereocenters. The van der Waals surface area contributed by atoms with Crippen LogP contribution in [-0.2, 0) is 6.54 Å². The highest BCUT2D eigenvalue weighted by Gasteiger charge is 2.28. The van der Waals surface area contributed by atoms with Crippen LogP contribution < -0.4 is 15.4 Å². The smallest absolute Gasteiger partial charge is 0.422 e. The maximum atomic E-state index is 12.2. The average Bonchev–Trinajstić information content (AvgIpc) is 2.48. The fraction of sp³-hybridized carbons (Fsp3) is 0.533. The van der Waals surface area contributed by atoms with Gasteiger partial charge in [-0.25, -0.2) is 0 Å². The summed E-state index contributed by atoms with van der Waals surface area (Å²) in [4.78, 5) is 4.06. The Kier molecular flexibility index (Phi) is 10.8. The number of hydrogen-bond donors (Lipinski definition) is 2. The quantitative estimate of drug-likeness (QED) is 0.291. The molecule has 0 aliphatic rings. The number of hydrogen-bond acceptors (Lipinski definition) is 2. The molecule has 0 amide bonds. The molecule has 0 bridgehead atoms. The molecule has 8 heteroatoms. The molecule has 0 aliphatic heterocycles. The lowest BCUT2D eigenvalue weighted by Gasteiger charge is -2.15. The van der Waals surface area contributed by atoms with Gasteiger partial charge in [-0.2, -0.15) is 13.2 Å². The largest absolute Gasteiger partial charge is 0.484 e. The number of halogens is 4. The van der Waals surface area contributed by atoms with Crippen LogP contribution in [0, 0.1) is 0 Å². The van der Waals surface area contributed by atoms with E-state index in [0.29, 0.717) is 18.1 Å². The SMILES string of the molecule is CCCCNC(=NC)NCc1ccccc1OCC(F)(F)F.I. The normalized spacial score (nSPS) is 11.6. The fourth-order valence-electron chi connectivity index (χ4n) is 1.73. The summed E-state index contributed by atoms with van der Waals surface area (Å²) in [6.45, 7) is 1.92. The van der Waals surface area contributed by atoms with Crippen molar-refractivity contribution in [2.45, 2.75) is 32.5 Å². The molecule has 1 rings (SSSR count). The number of guanidine groups is 1. The van der Waals surface area contributed by atoms with E-state index in [-0.39, 0.29) is 29.7 Å². The Morgan fingerprint density at radius 1 is 1.22 bits per heavy atom. The van der Waals surface area contributed by atoms with E-state index in [9.17, 15) is 13.2 Å². The Bertz CT molecular complexity index is 481. The van der Waals surface area contributed by atoms with Gasteiger partial charge in [-0.15, -0.1) is 24.0 Å². The van der Waals surface area contributed by atoms with Gasteiger partial charge >= 0.3 is 6.18 Å². The number of nitrogens with zero attached hydrogens (tertiary/aromatic N) is 1. The molecule has 0 aliphatic carbocycles. The van der Waals surface area contributed by atoms with Gasteiger partial charge in [0.2, 0.25) is 0 Å². The summed E-state index contributed by atoms with van der Waals surface area (Å²) in [6, 6.07) is 6.64. The van der Waals surface area contributed by atoms with Crippen molar-refractivity contribution in [2.24, 2.45) is 4.99 Å². The summed E-state index contributed by atoms with van der Waals surface area (Å²) < 4.78 is 41.6. The Hall–Kier alpha value is -1.19. The number of para-hydroxylation sites is 1. The van der Waals surface area contributed by atoms with Crippen molar-refractivity contribution >= 4 is 29.9 Å². The van der Waals surface area contributed by atoms with Gasteiger partial charge in [0.25, 0.3) is 0 Å². The van der Waals surface area contributed by atoms with Gasteiger partial charge in [-0.05, 0) is 12.5 Å². The Morgan fingerprint density at radius 2 is 1.91 bits per heavy atom. The average molecular weight is 445 g/mol. The molecule has 132 valence electrons. The highest BCUT2D eigenvalue weighted by Crippen LogP contribution is 2.21. The molecule has 1 aromatic carbocycles. The molecule has 2 N–H and O–H groups in total. The van der Waals surface area contributed by atoms with Crippen molar-refractivity contribution in [1.82, 2.24) is 10.6 Å². The number of unbranched alkanes of at least 4 members (excludes halogenated alkanes) is 1. The van der Waals surface area contributed by atoms with Crippen LogP contribution in [0.5, 0.6) is 5.75 Å². The van der Waals surface area contributed by atoms with Gasteiger partial charge in [0.15, 0.2) is 12.6 Å². The van der Waals surface area contributed by atoms with Gasteiger partial charge in [-0.1, -0.05) is 31.5 Å². The zero-order chi connectivity index (χ0) is 16.4. The molecule has 0 spiro atoms. The van der Waals surface area contributed by atoms with Crippen molar-refractivity contribution in [2.75, 3.05) is 20.2 Å². The molecule has 4 nitrogen and oxygen atoms in total. The lowest BCUT2D eigenvalue weighted by Crippen LogP contribution is -2.37. The summed E-state index contributed by atoms with van der Waals surface area (Å²) in [5.41, 5.74) is 0.644. The molecule has 0 radical (unpaired) electrons. The van der Waals surface area contributed by atoms with Crippen molar-refractivity contribution in [1.29, 1.82) is 0 Å². The highest BCUT2D eigenvalue weighted by atomic mass is 127. The zero-order valence-electron chi connectivity index (χ0n) is 13.2. The minimum Gasteiger partial charge on any atom is -0.484 e. The van der Waals surface area contributed by atoms with Gasteiger partial charge in [0.05, 0.1) is 0 Å². The number of aliphatic imine (C=N–C) groups is 1. The van der Waals surface area contributed by atoms with Crippen molar-refractivity contribution in [3.63, 3.8) is 0 Å². The second kappa shape index (κ2) is 11.4. The van der Waals surface area contributed by atoms with E-state index in [2.05, 4.69) is 22.5 Å². The summed E-state index contributed by atoms with van der Waals surface area (Å²) in [5, 5.41) is 6.19. The van der Waals surface area contributed by atoms with Gasteiger partial charge in [-0.3, -0.25) is 4.99 Å². The third kappa shape index (κ3) is 9.52. The number of ether oxygens (including phenoxy) is 1. The number of alkyl halides is 3. The maximum Gasteiger partial charge on any atom is 0.422 e. The molecule has 0 unspecified atom stereocenters. The minimum atomic E-state index is -4.35. The van der Waals surface area contributed by atoms with Crippen LogP contribution in [-0.4, -0.2) is 32.3 Å². The van der Waals surface area contributed by atoms with Crippen LogP contribution in [0.4, 0.5) is 13.2 Å². The number of nitrogens with one attached hydrogen (secondary N) is 2. The standard InChI is InChI=1S/C15H22F3N3O.HI/c1-3-4-9-20-14(19-2)21-10-12-7-5-6-8-13(12)22-11-15(16,17)18;/h5-8H,3-4,9-11H2,1-2H3,(H2,19,20,21);1H. The molecule has 0 fully saturated rings. The van der Waals surface area contributed by atoms with Gasteiger partial charge < -0.3 is 15.4 Å². The molecule has 0 heterocycles. The highest BCUT2D eigenvalue weighted by molar-refractivity contribution is 14.0. The molecular formula is C15H23F3IN3O. The number of benzene rings is 1. The zero-order valence-corrected chi connectivity index (χ0v) is 15.6. The van der Waals surface area contributed by atoms with E-state index in [1.54, 1.807) is 25.2 Å². The first-order chi connectivity index (χ1) is 10.5. The second-order valence-electron chi connectivity index (χ2n) is 4.72. The van der Waals surface area contributed by atoms with E-state index in [4.69, 9.17) is 4.74 Å². The Balaban J connectivity index is 0.00000484. The van der Waals surface area contributed by atoms with Crippen LogP contribution in [0.1, 0.15) is 25.3 Å². The molecule has 0 saturated carbocycles. The van der Waals surface area contributed by atoms with Crippen molar-refractivity contribution in [3.05, 3.63) is 29.8 Å². The Morgan fingerprint density at radius 3 is 2.52 bits per heavy atom. The first kappa shape index (κ1) is 21.8. The summed E-state index contributed by atoms with van der Waals surface area (Å²) in [5.74, 6) is 0.829. The van der Waals surface area contributed by atoms with Crippen molar-refractivity contribution < 1.29 is 17.9 Å². The first-order valence-electron chi connectivity index (χ1n) is 7.18. The summed E-state index contributed by atoms with van der Waals surface area (Å²) in [6.07, 6.45) is -2.26. The fourth-order valence-corrected chi connectivity index (χ4v) is 1.73. The lowest BCUT2D eigenvalue weighted by molar-refractivity contribution is -0.153. The van der Waals surface area contributed by atoms with E-state index in [0.717, 1.165) is 19.4 Å². The van der Waals surface area contributed by atoms with Crippen molar-refractivity contribution in [3.8, 4) is 5.75 Å². The predicted molar refractivity (Wildman–Crippen MR) is 96.5 cm³/mol. The predicted octanol–water partition coefficient (Wildman–Crippen LogP) is 3.71. The van der Waals surface area contributed by atoms with E-state index in [1.165, 1.54) is 6.07 Å². The third-order valence-corrected chi connectivity index (χ3v) is 2.86. The molecule has 1 aromatic rings. The minimum absolute atomic E-state index is 0. The molecule has 23 heavy (non-hydrogen) atoms. The van der Waals surface area contributed by atoms with Crippen LogP contribution in [0.15, 0.2) is 29.3 Å². The van der Waals surface area contributed by atoms with Gasteiger partial charge in [0.1, 0.15) is 5.75 Å². The monoisotopic (exact) mass is 445 g/mol. The Labute approximate surface area is 151 Å². The van der Waals surface area contributed by atoms with E-state index in [1.807, 2.05) is 0 Å². The second-order valence-corrected chi connectivity index (χ2v) is 4.72. The topological polar surface area (TPSA) is 45.7 Å². The molecule has 0 aromatic heterocycles. The summed E-state index contributed by atoms with van der Waals surface area (Å²) in [7, 11) is 1.65. The number of rotatable bonds is 7. The summed E-state index contributed by atoms with van der Waals surface area (Å²) >= 11 is 0. The van der Waals surface area contributed by atoms with Gasteiger partial charge in [0, 0.05) is 25.7 Å². The third-order valence-electron chi connectivity index (χ3n) is 2.86. The van der Waals surface area contributed by atoms with E-state index < -0.39 is 12.8 Å². The first-order valence-corrected chi connectivity index (χ1v) is 7.18. The van der Waals surface area contributed by atoms with Crippen LogP contribution in [0.2, 0.25) is 0 Å². The maximum absolute atomic E-state index is 12.2. The molecular weight excluding hydrogens is 422 g/mol. The van der Waals surface area contributed by atoms with E-state index >= 15 is 0 Å². The van der Waals surface area contributed by atoms with Crippen LogP contribution in [0.3, 0.4) is 0 Å². The lowest BCUT2D eigenvalue weighted by atomic mass is 10.2.